The van der Waals surface area contributed by atoms with Crippen LogP contribution in [-0.4, -0.2) is 23.2 Å². The second-order valence-corrected chi connectivity index (χ2v) is 4.06. The van der Waals surface area contributed by atoms with Crippen molar-refractivity contribution in [2.24, 2.45) is 0 Å². The summed E-state index contributed by atoms with van der Waals surface area (Å²) in [5.41, 5.74) is 6.26. The number of aromatic nitrogens is 2. The summed E-state index contributed by atoms with van der Waals surface area (Å²) < 4.78 is 5.28. The number of nitrogens with two attached hydrogens (primary N) is 1. The molecule has 0 bridgehead atoms. The fourth-order valence-electron chi connectivity index (χ4n) is 2.04. The summed E-state index contributed by atoms with van der Waals surface area (Å²) in [6.07, 6.45) is 2.41. The molecule has 0 atom stereocenters. The summed E-state index contributed by atoms with van der Waals surface area (Å²) in [6, 6.07) is 0. The molecule has 0 unspecified atom stereocenters. The van der Waals surface area contributed by atoms with Crippen LogP contribution in [0.4, 0.5) is 5.82 Å². The molecule has 5 heteroatoms. The van der Waals surface area contributed by atoms with Gasteiger partial charge in [0.2, 0.25) is 0 Å². The molecular formula is C11H17N3O2. The van der Waals surface area contributed by atoms with Crippen molar-refractivity contribution in [3.05, 3.63) is 21.7 Å². The highest BCUT2D eigenvalue weighted by molar-refractivity contribution is 5.37. The molecule has 3 N–H and O–H groups in total. The Hall–Kier alpha value is -1.36. The number of nitrogen functional groups attached to an aromatic ring is 1. The van der Waals surface area contributed by atoms with Gasteiger partial charge < -0.3 is 15.5 Å². The molecule has 0 saturated carbocycles. The Morgan fingerprint density at radius 3 is 2.75 bits per heavy atom. The van der Waals surface area contributed by atoms with Crippen LogP contribution in [0.15, 0.2) is 4.79 Å². The largest absolute Gasteiger partial charge is 0.383 e. The fourth-order valence-corrected chi connectivity index (χ4v) is 2.04. The van der Waals surface area contributed by atoms with Crippen LogP contribution in [0.1, 0.15) is 37.1 Å². The highest BCUT2D eigenvalue weighted by atomic mass is 16.5. The van der Waals surface area contributed by atoms with Crippen molar-refractivity contribution in [3.8, 4) is 0 Å². The summed E-state index contributed by atoms with van der Waals surface area (Å²) in [7, 11) is 0. The minimum atomic E-state index is -0.100. The first kappa shape index (κ1) is 11.1. The first-order chi connectivity index (χ1) is 7.72. The van der Waals surface area contributed by atoms with E-state index < -0.39 is 0 Å². The molecule has 5 nitrogen and oxygen atoms in total. The Morgan fingerprint density at radius 2 is 2.19 bits per heavy atom. The third-order valence-corrected chi connectivity index (χ3v) is 3.03. The van der Waals surface area contributed by atoms with Gasteiger partial charge in [-0.1, -0.05) is 6.92 Å². The van der Waals surface area contributed by atoms with E-state index in [1.807, 2.05) is 6.92 Å². The van der Waals surface area contributed by atoms with Gasteiger partial charge in [0.15, 0.2) is 0 Å². The van der Waals surface area contributed by atoms with Gasteiger partial charge in [-0.15, -0.1) is 0 Å². The number of nitrogens with zero attached hydrogens (tertiary/aromatic N) is 1. The lowest BCUT2D eigenvalue weighted by Crippen LogP contribution is -2.23. The number of nitrogens with one attached hydrogen (secondary N) is 1. The summed E-state index contributed by atoms with van der Waals surface area (Å²) >= 11 is 0. The van der Waals surface area contributed by atoms with Crippen LogP contribution in [0.2, 0.25) is 0 Å². The molecule has 1 aromatic rings. The van der Waals surface area contributed by atoms with Crippen LogP contribution in [0.25, 0.3) is 0 Å². The summed E-state index contributed by atoms with van der Waals surface area (Å²) in [5, 5.41) is 0. The molecule has 0 amide bonds. The highest BCUT2D eigenvalue weighted by Crippen LogP contribution is 2.23. The van der Waals surface area contributed by atoms with Crippen LogP contribution in [0.5, 0.6) is 0 Å². The Labute approximate surface area is 94.0 Å². The molecule has 0 radical (unpaired) electrons. The molecule has 0 spiro atoms. The second kappa shape index (κ2) is 4.65. The molecule has 1 aromatic heterocycles. The van der Waals surface area contributed by atoms with Crippen LogP contribution >= 0.6 is 0 Å². The zero-order valence-electron chi connectivity index (χ0n) is 9.45. The van der Waals surface area contributed by atoms with Crippen LogP contribution in [0.3, 0.4) is 0 Å². The van der Waals surface area contributed by atoms with E-state index in [0.717, 1.165) is 26.1 Å². The lowest BCUT2D eigenvalue weighted by Gasteiger charge is -2.21. The minimum absolute atomic E-state index is 0.100. The molecule has 16 heavy (non-hydrogen) atoms. The predicted octanol–water partition coefficient (Wildman–Crippen LogP) is 0.808. The monoisotopic (exact) mass is 223 g/mol. The number of H-pyrrole nitrogens is 1. The van der Waals surface area contributed by atoms with E-state index in [0.29, 0.717) is 23.6 Å². The standard InChI is InChI=1S/C11H17N3O2/c1-2-8-9(12)13-10(14-11(8)15)7-3-5-16-6-4-7/h7H,2-6H2,1H3,(H3,12,13,14,15). The molecule has 2 heterocycles. The molecule has 1 saturated heterocycles. The average molecular weight is 223 g/mol. The minimum Gasteiger partial charge on any atom is -0.383 e. The Kier molecular flexibility index (Phi) is 3.24. The van der Waals surface area contributed by atoms with Crippen molar-refractivity contribution in [2.45, 2.75) is 32.1 Å². The van der Waals surface area contributed by atoms with Gasteiger partial charge in [-0.2, -0.15) is 0 Å². The molecule has 2 rings (SSSR count). The summed E-state index contributed by atoms with van der Waals surface area (Å²) in [4.78, 5) is 18.9. The molecule has 1 aliphatic rings. The van der Waals surface area contributed by atoms with Crippen LogP contribution < -0.4 is 11.3 Å². The van der Waals surface area contributed by atoms with E-state index >= 15 is 0 Å². The maximum atomic E-state index is 11.7. The molecule has 1 aliphatic heterocycles. The number of hydrogen-bond donors (Lipinski definition) is 2. The van der Waals surface area contributed by atoms with Crippen molar-refractivity contribution in [1.29, 1.82) is 0 Å². The van der Waals surface area contributed by atoms with Gasteiger partial charge in [-0.05, 0) is 19.3 Å². The van der Waals surface area contributed by atoms with Crippen molar-refractivity contribution in [3.63, 3.8) is 0 Å². The van der Waals surface area contributed by atoms with Crippen molar-refractivity contribution >= 4 is 5.82 Å². The van der Waals surface area contributed by atoms with E-state index in [9.17, 15) is 4.79 Å². The second-order valence-electron chi connectivity index (χ2n) is 4.06. The van der Waals surface area contributed by atoms with Crippen LogP contribution in [-0.2, 0) is 11.2 Å². The zero-order chi connectivity index (χ0) is 11.5. The lowest BCUT2D eigenvalue weighted by molar-refractivity contribution is 0.0835. The number of aromatic amines is 1. The van der Waals surface area contributed by atoms with E-state index in [1.54, 1.807) is 0 Å². The van der Waals surface area contributed by atoms with E-state index in [4.69, 9.17) is 10.5 Å². The number of hydrogen-bond acceptors (Lipinski definition) is 4. The Morgan fingerprint density at radius 1 is 1.50 bits per heavy atom. The molecular weight excluding hydrogens is 206 g/mol. The van der Waals surface area contributed by atoms with Gasteiger partial charge in [0, 0.05) is 19.1 Å². The molecule has 0 aromatic carbocycles. The third kappa shape index (κ3) is 2.09. The van der Waals surface area contributed by atoms with Crippen molar-refractivity contribution in [2.75, 3.05) is 18.9 Å². The SMILES string of the molecule is CCc1c(N)nc(C2CCOCC2)[nH]c1=O. The van der Waals surface area contributed by atoms with E-state index in [-0.39, 0.29) is 11.5 Å². The van der Waals surface area contributed by atoms with Gasteiger partial charge in [0.1, 0.15) is 11.6 Å². The highest BCUT2D eigenvalue weighted by Gasteiger charge is 2.19. The Balaban J connectivity index is 2.31. The maximum Gasteiger partial charge on any atom is 0.256 e. The Bertz CT molecular complexity index is 422. The van der Waals surface area contributed by atoms with Crippen molar-refractivity contribution in [1.82, 2.24) is 9.97 Å². The smallest absolute Gasteiger partial charge is 0.256 e. The number of rotatable bonds is 2. The van der Waals surface area contributed by atoms with E-state index in [2.05, 4.69) is 9.97 Å². The van der Waals surface area contributed by atoms with Gasteiger partial charge in [0.25, 0.3) is 5.56 Å². The number of anilines is 1. The molecule has 88 valence electrons. The van der Waals surface area contributed by atoms with Gasteiger partial charge >= 0.3 is 0 Å². The first-order valence-corrected chi connectivity index (χ1v) is 5.68. The maximum absolute atomic E-state index is 11.7. The molecule has 1 fully saturated rings. The summed E-state index contributed by atoms with van der Waals surface area (Å²) in [6.45, 7) is 3.35. The third-order valence-electron chi connectivity index (χ3n) is 3.03. The topological polar surface area (TPSA) is 81.0 Å². The zero-order valence-corrected chi connectivity index (χ0v) is 9.45. The molecule has 0 aliphatic carbocycles. The number of ether oxygens (including phenoxy) is 1. The van der Waals surface area contributed by atoms with Gasteiger partial charge in [0.05, 0.1) is 5.56 Å². The van der Waals surface area contributed by atoms with Gasteiger partial charge in [-0.3, -0.25) is 4.79 Å². The first-order valence-electron chi connectivity index (χ1n) is 5.68. The van der Waals surface area contributed by atoms with E-state index in [1.165, 1.54) is 0 Å². The van der Waals surface area contributed by atoms with Crippen molar-refractivity contribution < 1.29 is 4.74 Å². The quantitative estimate of drug-likeness (QED) is 0.777. The normalized spacial score (nSPS) is 17.6. The predicted molar refractivity (Wildman–Crippen MR) is 61.4 cm³/mol. The fraction of sp³-hybridized carbons (Fsp3) is 0.636. The van der Waals surface area contributed by atoms with Gasteiger partial charge in [-0.25, -0.2) is 4.98 Å². The average Bonchev–Trinajstić information content (AvgIpc) is 2.30. The van der Waals surface area contributed by atoms with Crippen LogP contribution in [0, 0.1) is 0 Å². The lowest BCUT2D eigenvalue weighted by atomic mass is 9.99. The summed E-state index contributed by atoms with van der Waals surface area (Å²) in [5.74, 6) is 1.35.